The van der Waals surface area contributed by atoms with E-state index in [0.717, 1.165) is 22.3 Å². The predicted octanol–water partition coefficient (Wildman–Crippen LogP) is 4.54. The molecule has 162 valence electrons. The number of aryl methyl sites for hydroxylation is 2. The fourth-order valence-corrected chi connectivity index (χ4v) is 3.95. The molecule has 2 heterocycles. The molecule has 2 aromatic heterocycles. The van der Waals surface area contributed by atoms with Crippen LogP contribution >= 0.6 is 0 Å². The molecule has 0 aliphatic rings. The van der Waals surface area contributed by atoms with Gasteiger partial charge in [0, 0.05) is 23.5 Å². The molecule has 0 saturated heterocycles. The second-order valence-corrected chi connectivity index (χ2v) is 9.03. The number of rotatable bonds is 7. The van der Waals surface area contributed by atoms with E-state index in [1.807, 2.05) is 44.2 Å². The molecule has 0 saturated carbocycles. The summed E-state index contributed by atoms with van der Waals surface area (Å²) in [6.07, 6.45) is 4.87. The lowest BCUT2D eigenvalue weighted by molar-refractivity contribution is 0.294. The van der Waals surface area contributed by atoms with Crippen LogP contribution in [0.15, 0.2) is 84.1 Å². The Morgan fingerprint density at radius 2 is 1.59 bits per heavy atom. The number of sulfonamides is 1. The first-order valence-electron chi connectivity index (χ1n) is 9.96. The monoisotopic (exact) mass is 446 g/mol. The third-order valence-corrected chi connectivity index (χ3v) is 6.10. The van der Waals surface area contributed by atoms with Crippen LogP contribution in [0.3, 0.4) is 0 Å². The van der Waals surface area contributed by atoms with Gasteiger partial charge in [0.05, 0.1) is 16.8 Å². The van der Waals surface area contributed by atoms with Crippen LogP contribution in [0.1, 0.15) is 16.7 Å². The maximum Gasteiger partial charge on any atom is 0.263 e. The van der Waals surface area contributed by atoms with Gasteiger partial charge in [-0.15, -0.1) is 0 Å². The minimum atomic E-state index is -3.86. The van der Waals surface area contributed by atoms with Gasteiger partial charge in [0.2, 0.25) is 5.82 Å². The number of hydrogen-bond acceptors (Lipinski definition) is 6. The van der Waals surface area contributed by atoms with Crippen LogP contribution in [0.5, 0.6) is 5.88 Å². The molecule has 4 rings (SSSR count). The number of hydrogen-bond donors (Lipinski definition) is 1. The Bertz CT molecular complexity index is 1310. The first-order chi connectivity index (χ1) is 15.4. The molecule has 0 fully saturated rings. The Morgan fingerprint density at radius 1 is 0.906 bits per heavy atom. The highest BCUT2D eigenvalue weighted by atomic mass is 32.2. The molecule has 0 atom stereocenters. The van der Waals surface area contributed by atoms with E-state index in [0.29, 0.717) is 5.69 Å². The third kappa shape index (κ3) is 5.09. The average molecular weight is 447 g/mol. The van der Waals surface area contributed by atoms with Crippen molar-refractivity contribution in [1.82, 2.24) is 15.0 Å². The van der Waals surface area contributed by atoms with Crippen LogP contribution < -0.4 is 9.46 Å². The van der Waals surface area contributed by atoms with Crippen molar-refractivity contribution in [2.24, 2.45) is 0 Å². The van der Waals surface area contributed by atoms with Crippen molar-refractivity contribution in [3.8, 4) is 17.1 Å². The fraction of sp³-hybridized carbons (Fsp3) is 0.125. The number of nitrogens with zero attached hydrogens (tertiary/aromatic N) is 3. The van der Waals surface area contributed by atoms with Crippen molar-refractivity contribution < 1.29 is 13.2 Å². The molecule has 7 nitrogen and oxygen atoms in total. The summed E-state index contributed by atoms with van der Waals surface area (Å²) in [5.74, 6) is 0.105. The highest BCUT2D eigenvalue weighted by molar-refractivity contribution is 7.92. The van der Waals surface area contributed by atoms with E-state index in [-0.39, 0.29) is 23.2 Å². The molecule has 0 unspecified atom stereocenters. The van der Waals surface area contributed by atoms with E-state index in [2.05, 4.69) is 19.7 Å². The second-order valence-electron chi connectivity index (χ2n) is 7.34. The predicted molar refractivity (Wildman–Crippen MR) is 123 cm³/mol. The molecule has 4 aromatic rings. The normalized spacial score (nSPS) is 11.2. The second kappa shape index (κ2) is 9.15. The molecule has 0 amide bonds. The molecule has 0 aliphatic heterocycles. The first-order valence-corrected chi connectivity index (χ1v) is 11.4. The third-order valence-electron chi connectivity index (χ3n) is 4.75. The van der Waals surface area contributed by atoms with Gasteiger partial charge >= 0.3 is 0 Å². The van der Waals surface area contributed by atoms with Crippen LogP contribution in [0, 0.1) is 13.8 Å². The molecule has 32 heavy (non-hydrogen) atoms. The van der Waals surface area contributed by atoms with Crippen molar-refractivity contribution in [1.29, 1.82) is 0 Å². The summed E-state index contributed by atoms with van der Waals surface area (Å²) in [5.41, 5.74) is 4.33. The molecule has 0 bridgehead atoms. The standard InChI is InChI=1S/C24H22N4O3S/c1-17-5-9-20(10-6-17)22-15-26-23(24(27-22)31-16-19-4-3-13-25-14-19)28-32(29,30)21-11-7-18(2)8-12-21/h3-15H,16H2,1-2H3,(H,26,28). The summed E-state index contributed by atoms with van der Waals surface area (Å²) in [7, 11) is -3.86. The topological polar surface area (TPSA) is 94.1 Å². The van der Waals surface area contributed by atoms with Crippen molar-refractivity contribution in [3.63, 3.8) is 0 Å². The minimum absolute atomic E-state index is 0.0188. The first kappa shape index (κ1) is 21.5. The van der Waals surface area contributed by atoms with Gasteiger partial charge in [0.1, 0.15) is 6.61 Å². The van der Waals surface area contributed by atoms with E-state index in [1.165, 1.54) is 6.20 Å². The maximum atomic E-state index is 12.9. The van der Waals surface area contributed by atoms with Gasteiger partial charge in [-0.3, -0.25) is 9.71 Å². The van der Waals surface area contributed by atoms with Crippen molar-refractivity contribution >= 4 is 15.8 Å². The molecule has 0 spiro atoms. The van der Waals surface area contributed by atoms with Gasteiger partial charge in [0.15, 0.2) is 0 Å². The number of anilines is 1. The summed E-state index contributed by atoms with van der Waals surface area (Å²) >= 11 is 0. The Labute approximate surface area is 187 Å². The van der Waals surface area contributed by atoms with E-state index >= 15 is 0 Å². The molecule has 2 aromatic carbocycles. The lowest BCUT2D eigenvalue weighted by Gasteiger charge is -2.13. The number of nitrogens with one attached hydrogen (secondary N) is 1. The van der Waals surface area contributed by atoms with Crippen molar-refractivity contribution in [2.45, 2.75) is 25.3 Å². The molecule has 1 N–H and O–H groups in total. The Morgan fingerprint density at radius 3 is 2.25 bits per heavy atom. The minimum Gasteiger partial charge on any atom is -0.470 e. The maximum absolute atomic E-state index is 12.9. The zero-order chi connectivity index (χ0) is 22.6. The quantitative estimate of drug-likeness (QED) is 0.448. The number of aromatic nitrogens is 3. The van der Waals surface area contributed by atoms with E-state index in [9.17, 15) is 8.42 Å². The largest absolute Gasteiger partial charge is 0.470 e. The van der Waals surface area contributed by atoms with Crippen LogP contribution in [-0.2, 0) is 16.6 Å². The number of pyridine rings is 1. The Kier molecular flexibility index (Phi) is 6.13. The van der Waals surface area contributed by atoms with Gasteiger partial charge in [-0.2, -0.15) is 0 Å². The molecule has 0 aliphatic carbocycles. The van der Waals surface area contributed by atoms with E-state index < -0.39 is 10.0 Å². The summed E-state index contributed by atoms with van der Waals surface area (Å²) in [4.78, 5) is 13.1. The molecule has 0 radical (unpaired) electrons. The Balaban J connectivity index is 1.68. The SMILES string of the molecule is Cc1ccc(-c2cnc(NS(=O)(=O)c3ccc(C)cc3)c(OCc3cccnc3)n2)cc1. The van der Waals surface area contributed by atoms with Gasteiger partial charge < -0.3 is 4.74 Å². The van der Waals surface area contributed by atoms with Crippen LogP contribution in [-0.4, -0.2) is 23.4 Å². The number of benzene rings is 2. The number of ether oxygens (including phenoxy) is 1. The molecular weight excluding hydrogens is 424 g/mol. The van der Waals surface area contributed by atoms with Crippen LogP contribution in [0.2, 0.25) is 0 Å². The molecule has 8 heteroatoms. The van der Waals surface area contributed by atoms with Gasteiger partial charge in [-0.25, -0.2) is 18.4 Å². The summed E-state index contributed by atoms with van der Waals surface area (Å²) in [6, 6.07) is 18.0. The summed E-state index contributed by atoms with van der Waals surface area (Å²) in [6.45, 7) is 4.06. The highest BCUT2D eigenvalue weighted by Gasteiger charge is 2.19. The van der Waals surface area contributed by atoms with Crippen LogP contribution in [0.25, 0.3) is 11.3 Å². The van der Waals surface area contributed by atoms with E-state index in [1.54, 1.807) is 42.7 Å². The smallest absolute Gasteiger partial charge is 0.263 e. The van der Waals surface area contributed by atoms with Gasteiger partial charge in [-0.1, -0.05) is 53.6 Å². The zero-order valence-electron chi connectivity index (χ0n) is 17.7. The molecular formula is C24H22N4O3S. The summed E-state index contributed by atoms with van der Waals surface area (Å²) < 4.78 is 34.1. The van der Waals surface area contributed by atoms with Crippen molar-refractivity contribution in [2.75, 3.05) is 4.72 Å². The van der Waals surface area contributed by atoms with Crippen LogP contribution in [0.4, 0.5) is 5.82 Å². The average Bonchev–Trinajstić information content (AvgIpc) is 2.80. The Hall–Kier alpha value is -3.78. The summed E-state index contributed by atoms with van der Waals surface area (Å²) in [5, 5.41) is 0. The lowest BCUT2D eigenvalue weighted by atomic mass is 10.1. The van der Waals surface area contributed by atoms with Crippen molar-refractivity contribution in [3.05, 3.63) is 95.9 Å². The zero-order valence-corrected chi connectivity index (χ0v) is 18.5. The highest BCUT2D eigenvalue weighted by Crippen LogP contribution is 2.27. The van der Waals surface area contributed by atoms with E-state index in [4.69, 9.17) is 4.74 Å². The van der Waals surface area contributed by atoms with Gasteiger partial charge in [-0.05, 0) is 32.0 Å². The van der Waals surface area contributed by atoms with Gasteiger partial charge in [0.25, 0.3) is 15.9 Å². The fourth-order valence-electron chi connectivity index (χ4n) is 2.94. The lowest BCUT2D eigenvalue weighted by Crippen LogP contribution is -2.15.